The van der Waals surface area contributed by atoms with Gasteiger partial charge in [-0.25, -0.2) is 4.39 Å². The third-order valence-corrected chi connectivity index (χ3v) is 3.98. The number of phenols is 1. The SMILES string of the molecule is CC(C)C(c1nc(-c2ccc(O)c(F)c2)no1)N1CCCC1=O. The lowest BCUT2D eigenvalue weighted by molar-refractivity contribution is -0.131. The lowest BCUT2D eigenvalue weighted by Crippen LogP contribution is -2.33. The molecule has 1 aromatic carbocycles. The summed E-state index contributed by atoms with van der Waals surface area (Å²) in [6.45, 7) is 4.65. The molecule has 0 spiro atoms. The van der Waals surface area contributed by atoms with E-state index in [0.29, 0.717) is 24.4 Å². The van der Waals surface area contributed by atoms with E-state index in [1.165, 1.54) is 12.1 Å². The van der Waals surface area contributed by atoms with E-state index in [-0.39, 0.29) is 23.7 Å². The molecule has 0 aliphatic carbocycles. The molecule has 1 atom stereocenters. The third-order valence-electron chi connectivity index (χ3n) is 3.98. The zero-order valence-electron chi connectivity index (χ0n) is 13.0. The van der Waals surface area contributed by atoms with E-state index >= 15 is 0 Å². The highest BCUT2D eigenvalue weighted by molar-refractivity contribution is 5.78. The number of hydrogen-bond acceptors (Lipinski definition) is 5. The minimum atomic E-state index is -0.746. The van der Waals surface area contributed by atoms with Gasteiger partial charge in [-0.3, -0.25) is 4.79 Å². The summed E-state index contributed by atoms with van der Waals surface area (Å²) in [6, 6.07) is 3.62. The first-order valence-electron chi connectivity index (χ1n) is 7.59. The first kappa shape index (κ1) is 15.5. The van der Waals surface area contributed by atoms with Crippen LogP contribution in [0.15, 0.2) is 22.7 Å². The van der Waals surface area contributed by atoms with Crippen LogP contribution in [0.5, 0.6) is 5.75 Å². The van der Waals surface area contributed by atoms with Crippen molar-refractivity contribution in [3.05, 3.63) is 29.9 Å². The normalized spacial score (nSPS) is 16.3. The Kier molecular flexibility index (Phi) is 4.02. The second kappa shape index (κ2) is 5.98. The van der Waals surface area contributed by atoms with Gasteiger partial charge in [0.2, 0.25) is 17.6 Å². The molecule has 0 radical (unpaired) electrons. The number of nitrogens with zero attached hydrogens (tertiary/aromatic N) is 3. The van der Waals surface area contributed by atoms with Gasteiger partial charge in [0.15, 0.2) is 11.6 Å². The molecule has 7 heteroatoms. The number of carbonyl (C=O) groups excluding carboxylic acids is 1. The molecule has 1 N–H and O–H groups in total. The van der Waals surface area contributed by atoms with E-state index in [1.807, 2.05) is 13.8 Å². The van der Waals surface area contributed by atoms with Crippen molar-refractivity contribution < 1.29 is 18.8 Å². The Morgan fingerprint density at radius 2 is 2.17 bits per heavy atom. The molecule has 0 bridgehead atoms. The van der Waals surface area contributed by atoms with Gasteiger partial charge in [0.05, 0.1) is 0 Å². The molecule has 1 aliphatic heterocycles. The number of hydrogen-bond donors (Lipinski definition) is 1. The Morgan fingerprint density at radius 3 is 2.78 bits per heavy atom. The molecule has 6 nitrogen and oxygen atoms in total. The molecule has 122 valence electrons. The van der Waals surface area contributed by atoms with Crippen molar-refractivity contribution in [2.24, 2.45) is 5.92 Å². The second-order valence-electron chi connectivity index (χ2n) is 6.00. The summed E-state index contributed by atoms with van der Waals surface area (Å²) in [5, 5.41) is 13.1. The molecule has 2 heterocycles. The fraction of sp³-hybridized carbons (Fsp3) is 0.438. The number of likely N-dealkylation sites (tertiary alicyclic amines) is 1. The average molecular weight is 319 g/mol. The molecule has 1 aliphatic rings. The van der Waals surface area contributed by atoms with E-state index in [1.54, 1.807) is 4.90 Å². The van der Waals surface area contributed by atoms with Crippen molar-refractivity contribution in [2.75, 3.05) is 6.54 Å². The van der Waals surface area contributed by atoms with Crippen LogP contribution in [0.4, 0.5) is 4.39 Å². The van der Waals surface area contributed by atoms with Gasteiger partial charge in [-0.1, -0.05) is 19.0 Å². The molecular weight excluding hydrogens is 301 g/mol. The highest BCUT2D eigenvalue weighted by atomic mass is 19.1. The molecule has 1 amide bonds. The topological polar surface area (TPSA) is 79.5 Å². The maximum atomic E-state index is 13.5. The molecule has 1 fully saturated rings. The second-order valence-corrected chi connectivity index (χ2v) is 6.00. The summed E-state index contributed by atoms with van der Waals surface area (Å²) in [7, 11) is 0. The summed E-state index contributed by atoms with van der Waals surface area (Å²) in [5.41, 5.74) is 0.408. The minimum absolute atomic E-state index is 0.0825. The molecule has 1 aromatic heterocycles. The molecule has 1 unspecified atom stereocenters. The Hall–Kier alpha value is -2.44. The minimum Gasteiger partial charge on any atom is -0.505 e. The van der Waals surface area contributed by atoms with E-state index in [4.69, 9.17) is 4.52 Å². The highest BCUT2D eigenvalue weighted by Crippen LogP contribution is 2.32. The van der Waals surface area contributed by atoms with Crippen LogP contribution in [0.1, 0.15) is 38.6 Å². The number of carbonyl (C=O) groups is 1. The van der Waals surface area contributed by atoms with E-state index < -0.39 is 11.6 Å². The fourth-order valence-corrected chi connectivity index (χ4v) is 2.86. The van der Waals surface area contributed by atoms with Gasteiger partial charge in [0.25, 0.3) is 0 Å². The summed E-state index contributed by atoms with van der Waals surface area (Å²) in [4.78, 5) is 18.1. The van der Waals surface area contributed by atoms with Crippen LogP contribution in [0.2, 0.25) is 0 Å². The Balaban J connectivity index is 1.92. The van der Waals surface area contributed by atoms with Gasteiger partial charge < -0.3 is 14.5 Å². The number of phenolic OH excluding ortho intramolecular Hbond substituents is 1. The predicted molar refractivity (Wildman–Crippen MR) is 79.9 cm³/mol. The first-order chi connectivity index (χ1) is 11.0. The zero-order chi connectivity index (χ0) is 16.6. The fourth-order valence-electron chi connectivity index (χ4n) is 2.86. The molecule has 3 rings (SSSR count). The first-order valence-corrected chi connectivity index (χ1v) is 7.59. The van der Waals surface area contributed by atoms with E-state index in [9.17, 15) is 14.3 Å². The van der Waals surface area contributed by atoms with Gasteiger partial charge in [0, 0.05) is 18.5 Å². The van der Waals surface area contributed by atoms with Crippen LogP contribution in [-0.4, -0.2) is 32.6 Å². The van der Waals surface area contributed by atoms with E-state index in [0.717, 1.165) is 12.5 Å². The largest absolute Gasteiger partial charge is 0.505 e. The van der Waals surface area contributed by atoms with Crippen LogP contribution in [0.3, 0.4) is 0 Å². The van der Waals surface area contributed by atoms with Crippen molar-refractivity contribution in [1.29, 1.82) is 0 Å². The van der Waals surface area contributed by atoms with Crippen LogP contribution in [0.25, 0.3) is 11.4 Å². The smallest absolute Gasteiger partial charge is 0.250 e. The van der Waals surface area contributed by atoms with Crippen LogP contribution < -0.4 is 0 Å². The summed E-state index contributed by atoms with van der Waals surface area (Å²) in [5.74, 6) is -0.403. The standard InChI is InChI=1S/C16H18FN3O3/c1-9(2)14(20-7-3-4-13(20)22)16-18-15(19-23-16)10-5-6-12(21)11(17)8-10/h5-6,8-9,14,21H,3-4,7H2,1-2H3. The lowest BCUT2D eigenvalue weighted by atomic mass is 10.0. The van der Waals surface area contributed by atoms with Crippen molar-refractivity contribution in [3.63, 3.8) is 0 Å². The summed E-state index contributed by atoms with van der Waals surface area (Å²) >= 11 is 0. The molecule has 23 heavy (non-hydrogen) atoms. The van der Waals surface area contributed by atoms with Crippen molar-refractivity contribution >= 4 is 5.91 Å². The Labute approximate surface area is 132 Å². The number of halogens is 1. The zero-order valence-corrected chi connectivity index (χ0v) is 13.0. The predicted octanol–water partition coefficient (Wildman–Crippen LogP) is 2.90. The summed E-state index contributed by atoms with van der Waals surface area (Å²) < 4.78 is 18.8. The van der Waals surface area contributed by atoms with Crippen molar-refractivity contribution in [3.8, 4) is 17.1 Å². The Morgan fingerprint density at radius 1 is 1.39 bits per heavy atom. The van der Waals surface area contributed by atoms with Gasteiger partial charge in [-0.15, -0.1) is 0 Å². The van der Waals surface area contributed by atoms with Gasteiger partial charge >= 0.3 is 0 Å². The van der Waals surface area contributed by atoms with Gasteiger partial charge in [0.1, 0.15) is 6.04 Å². The number of aromatic nitrogens is 2. The number of rotatable bonds is 4. The van der Waals surface area contributed by atoms with Crippen LogP contribution >= 0.6 is 0 Å². The van der Waals surface area contributed by atoms with Gasteiger partial charge in [-0.2, -0.15) is 4.98 Å². The maximum absolute atomic E-state index is 13.5. The average Bonchev–Trinajstić information content (AvgIpc) is 3.13. The number of benzene rings is 1. The molecule has 1 saturated heterocycles. The maximum Gasteiger partial charge on any atom is 0.250 e. The summed E-state index contributed by atoms with van der Waals surface area (Å²) in [6.07, 6.45) is 1.36. The number of amides is 1. The molecule has 2 aromatic rings. The lowest BCUT2D eigenvalue weighted by Gasteiger charge is -2.27. The highest BCUT2D eigenvalue weighted by Gasteiger charge is 2.35. The van der Waals surface area contributed by atoms with Crippen LogP contribution in [-0.2, 0) is 4.79 Å². The number of aromatic hydroxyl groups is 1. The quantitative estimate of drug-likeness (QED) is 0.937. The molecular formula is C16H18FN3O3. The van der Waals surface area contributed by atoms with E-state index in [2.05, 4.69) is 10.1 Å². The van der Waals surface area contributed by atoms with Crippen LogP contribution in [0, 0.1) is 11.7 Å². The van der Waals surface area contributed by atoms with Crippen molar-refractivity contribution in [2.45, 2.75) is 32.7 Å². The third kappa shape index (κ3) is 2.91. The monoisotopic (exact) mass is 319 g/mol. The van der Waals surface area contributed by atoms with Gasteiger partial charge in [-0.05, 0) is 30.5 Å². The van der Waals surface area contributed by atoms with Crippen molar-refractivity contribution in [1.82, 2.24) is 15.0 Å². The Bertz CT molecular complexity index is 729. The molecule has 0 saturated carbocycles.